The minimum absolute atomic E-state index is 0.0911. The maximum absolute atomic E-state index is 12.4. The molecule has 1 aliphatic heterocycles. The summed E-state index contributed by atoms with van der Waals surface area (Å²) in [6.07, 6.45) is 0. The Morgan fingerprint density at radius 1 is 0.857 bits per heavy atom. The van der Waals surface area contributed by atoms with Crippen LogP contribution in [-0.4, -0.2) is 28.6 Å². The lowest BCUT2D eigenvalue weighted by Gasteiger charge is -2.21. The Labute approximate surface area is 131 Å². The molecule has 21 heavy (non-hydrogen) atoms. The standard InChI is InChI=1S/C17H14BrNO2/c18-10-13(12-6-2-1-3-7-12)11-19-16(20)14-8-4-5-9-15(14)17(19)21/h1-9,13H,10-11H2. The van der Waals surface area contributed by atoms with Gasteiger partial charge in [0, 0.05) is 17.8 Å². The van der Waals surface area contributed by atoms with E-state index in [0.717, 1.165) is 5.56 Å². The molecule has 1 aliphatic rings. The molecule has 3 nitrogen and oxygen atoms in total. The summed E-state index contributed by atoms with van der Waals surface area (Å²) in [4.78, 5) is 26.1. The van der Waals surface area contributed by atoms with E-state index < -0.39 is 0 Å². The summed E-state index contributed by atoms with van der Waals surface area (Å²) < 4.78 is 0. The number of hydrogen-bond acceptors (Lipinski definition) is 2. The predicted octanol–water partition coefficient (Wildman–Crippen LogP) is 3.46. The van der Waals surface area contributed by atoms with Gasteiger partial charge in [0.05, 0.1) is 11.1 Å². The molecule has 0 bridgehead atoms. The lowest BCUT2D eigenvalue weighted by Crippen LogP contribution is -2.34. The third-order valence-electron chi connectivity index (χ3n) is 3.74. The Bertz CT molecular complexity index is 649. The van der Waals surface area contributed by atoms with Crippen LogP contribution in [0.2, 0.25) is 0 Å². The van der Waals surface area contributed by atoms with Gasteiger partial charge in [-0.05, 0) is 17.7 Å². The van der Waals surface area contributed by atoms with E-state index in [1.54, 1.807) is 24.3 Å². The molecule has 3 rings (SSSR count). The molecule has 0 N–H and O–H groups in total. The summed E-state index contributed by atoms with van der Waals surface area (Å²) in [6.45, 7) is 0.390. The third kappa shape index (κ3) is 2.51. The molecular formula is C17H14BrNO2. The second-order valence-corrected chi connectivity index (χ2v) is 5.68. The fourth-order valence-corrected chi connectivity index (χ4v) is 3.17. The SMILES string of the molecule is O=C1c2ccccc2C(=O)N1CC(CBr)c1ccccc1. The Morgan fingerprint density at radius 3 is 1.90 bits per heavy atom. The molecule has 1 unspecified atom stereocenters. The second-order valence-electron chi connectivity index (χ2n) is 5.03. The average Bonchev–Trinajstić information content (AvgIpc) is 2.78. The molecule has 0 aromatic heterocycles. The van der Waals surface area contributed by atoms with Crippen LogP contribution in [0.25, 0.3) is 0 Å². The van der Waals surface area contributed by atoms with E-state index in [4.69, 9.17) is 0 Å². The maximum Gasteiger partial charge on any atom is 0.261 e. The molecule has 0 aliphatic carbocycles. The van der Waals surface area contributed by atoms with E-state index in [9.17, 15) is 9.59 Å². The highest BCUT2D eigenvalue weighted by molar-refractivity contribution is 9.09. The van der Waals surface area contributed by atoms with Crippen LogP contribution in [0.5, 0.6) is 0 Å². The van der Waals surface area contributed by atoms with Crippen molar-refractivity contribution in [2.24, 2.45) is 0 Å². The highest BCUT2D eigenvalue weighted by Gasteiger charge is 2.36. The van der Waals surface area contributed by atoms with Gasteiger partial charge in [-0.15, -0.1) is 0 Å². The van der Waals surface area contributed by atoms with Gasteiger partial charge in [-0.25, -0.2) is 0 Å². The van der Waals surface area contributed by atoms with Crippen LogP contribution in [-0.2, 0) is 0 Å². The van der Waals surface area contributed by atoms with Crippen LogP contribution in [0.15, 0.2) is 54.6 Å². The highest BCUT2D eigenvalue weighted by Crippen LogP contribution is 2.27. The number of amides is 2. The third-order valence-corrected chi connectivity index (χ3v) is 4.52. The first-order valence-electron chi connectivity index (χ1n) is 6.78. The smallest absolute Gasteiger partial charge is 0.261 e. The number of imide groups is 1. The Balaban J connectivity index is 1.86. The zero-order valence-electron chi connectivity index (χ0n) is 11.3. The van der Waals surface area contributed by atoms with E-state index in [1.165, 1.54) is 4.90 Å². The van der Waals surface area contributed by atoms with Crippen LogP contribution in [0.4, 0.5) is 0 Å². The molecule has 1 heterocycles. The number of benzene rings is 2. The zero-order chi connectivity index (χ0) is 14.8. The van der Waals surface area contributed by atoms with Crippen LogP contribution < -0.4 is 0 Å². The quantitative estimate of drug-likeness (QED) is 0.629. The molecular weight excluding hydrogens is 330 g/mol. The minimum Gasteiger partial charge on any atom is -0.274 e. The highest BCUT2D eigenvalue weighted by atomic mass is 79.9. The van der Waals surface area contributed by atoms with Gasteiger partial charge in [0.15, 0.2) is 0 Å². The maximum atomic E-state index is 12.4. The topological polar surface area (TPSA) is 37.4 Å². The molecule has 2 aromatic carbocycles. The summed E-state index contributed by atoms with van der Waals surface area (Å²) >= 11 is 3.49. The van der Waals surface area contributed by atoms with E-state index in [1.807, 2.05) is 30.3 Å². The molecule has 2 amide bonds. The van der Waals surface area contributed by atoms with E-state index in [2.05, 4.69) is 15.9 Å². The van der Waals surface area contributed by atoms with Crippen molar-refractivity contribution in [3.8, 4) is 0 Å². The molecule has 0 spiro atoms. The first-order valence-corrected chi connectivity index (χ1v) is 7.90. The molecule has 2 aromatic rings. The van der Waals surface area contributed by atoms with Crippen LogP contribution >= 0.6 is 15.9 Å². The van der Waals surface area contributed by atoms with Crippen molar-refractivity contribution in [3.63, 3.8) is 0 Å². The normalized spacial score (nSPS) is 15.2. The molecule has 4 heteroatoms. The number of carbonyl (C=O) groups is 2. The number of nitrogens with zero attached hydrogens (tertiary/aromatic N) is 1. The van der Waals surface area contributed by atoms with Crippen LogP contribution in [0.3, 0.4) is 0 Å². The lowest BCUT2D eigenvalue weighted by atomic mass is 10.0. The minimum atomic E-state index is -0.197. The largest absolute Gasteiger partial charge is 0.274 e. The van der Waals surface area contributed by atoms with Crippen molar-refractivity contribution in [1.82, 2.24) is 4.90 Å². The first kappa shape index (κ1) is 14.0. The van der Waals surface area contributed by atoms with E-state index in [0.29, 0.717) is 23.0 Å². The van der Waals surface area contributed by atoms with Gasteiger partial charge < -0.3 is 0 Å². The van der Waals surface area contributed by atoms with Crippen molar-refractivity contribution in [2.45, 2.75) is 5.92 Å². The van der Waals surface area contributed by atoms with Gasteiger partial charge in [0.2, 0.25) is 0 Å². The van der Waals surface area contributed by atoms with Crippen molar-refractivity contribution in [3.05, 3.63) is 71.3 Å². The van der Waals surface area contributed by atoms with E-state index >= 15 is 0 Å². The second kappa shape index (κ2) is 5.82. The summed E-state index contributed by atoms with van der Waals surface area (Å²) in [5, 5.41) is 0.699. The number of halogens is 1. The fourth-order valence-electron chi connectivity index (χ4n) is 2.59. The van der Waals surface area contributed by atoms with Gasteiger partial charge in [0.25, 0.3) is 11.8 Å². The molecule has 0 radical (unpaired) electrons. The molecule has 106 valence electrons. The number of rotatable bonds is 4. The number of carbonyl (C=O) groups excluding carboxylic acids is 2. The summed E-state index contributed by atoms with van der Waals surface area (Å²) in [6, 6.07) is 16.9. The van der Waals surface area contributed by atoms with Gasteiger partial charge in [0.1, 0.15) is 0 Å². The summed E-state index contributed by atoms with van der Waals surface area (Å²) in [5.41, 5.74) is 2.12. The number of fused-ring (bicyclic) bond motifs is 1. The van der Waals surface area contributed by atoms with Crippen molar-refractivity contribution in [1.29, 1.82) is 0 Å². The number of alkyl halides is 1. The molecule has 0 saturated carbocycles. The van der Waals surface area contributed by atoms with Crippen molar-refractivity contribution >= 4 is 27.7 Å². The summed E-state index contributed by atoms with van der Waals surface area (Å²) in [5.74, 6) is -0.302. The predicted molar refractivity (Wildman–Crippen MR) is 84.8 cm³/mol. The first-order chi connectivity index (χ1) is 10.2. The monoisotopic (exact) mass is 343 g/mol. The Kier molecular flexibility index (Phi) is 3.88. The van der Waals surface area contributed by atoms with Gasteiger partial charge in [-0.2, -0.15) is 0 Å². The Hall–Kier alpha value is -1.94. The molecule has 0 saturated heterocycles. The summed E-state index contributed by atoms with van der Waals surface area (Å²) in [7, 11) is 0. The van der Waals surface area contributed by atoms with Gasteiger partial charge >= 0.3 is 0 Å². The van der Waals surface area contributed by atoms with Gasteiger partial charge in [-0.3, -0.25) is 14.5 Å². The lowest BCUT2D eigenvalue weighted by molar-refractivity contribution is 0.0647. The van der Waals surface area contributed by atoms with Crippen molar-refractivity contribution in [2.75, 3.05) is 11.9 Å². The average molecular weight is 344 g/mol. The molecule has 0 fully saturated rings. The Morgan fingerprint density at radius 2 is 1.38 bits per heavy atom. The van der Waals surface area contributed by atoms with Crippen LogP contribution in [0.1, 0.15) is 32.2 Å². The van der Waals surface area contributed by atoms with Crippen molar-refractivity contribution < 1.29 is 9.59 Å². The number of hydrogen-bond donors (Lipinski definition) is 0. The van der Waals surface area contributed by atoms with Crippen LogP contribution in [0, 0.1) is 0 Å². The zero-order valence-corrected chi connectivity index (χ0v) is 12.9. The van der Waals surface area contributed by atoms with E-state index in [-0.39, 0.29) is 17.7 Å². The fraction of sp³-hybridized carbons (Fsp3) is 0.176. The van der Waals surface area contributed by atoms with Gasteiger partial charge in [-0.1, -0.05) is 58.4 Å². The molecule has 1 atom stereocenters.